The number of hydrogen-bond acceptors (Lipinski definition) is 6. The highest BCUT2D eigenvalue weighted by molar-refractivity contribution is 6.05. The summed E-state index contributed by atoms with van der Waals surface area (Å²) in [6.07, 6.45) is 1.66. The van der Waals surface area contributed by atoms with Crippen molar-refractivity contribution < 1.29 is 19.0 Å². The van der Waals surface area contributed by atoms with Gasteiger partial charge in [-0.15, -0.1) is 0 Å². The summed E-state index contributed by atoms with van der Waals surface area (Å²) in [4.78, 5) is 19.4. The minimum Gasteiger partial charge on any atom is -0.490 e. The van der Waals surface area contributed by atoms with Gasteiger partial charge in [0.05, 0.1) is 31.7 Å². The van der Waals surface area contributed by atoms with E-state index in [0.29, 0.717) is 48.3 Å². The van der Waals surface area contributed by atoms with E-state index in [0.717, 1.165) is 18.9 Å². The second-order valence-electron chi connectivity index (χ2n) is 6.13. The van der Waals surface area contributed by atoms with Crippen molar-refractivity contribution in [1.82, 2.24) is 4.98 Å². The van der Waals surface area contributed by atoms with E-state index in [1.54, 1.807) is 18.3 Å². The third-order valence-electron chi connectivity index (χ3n) is 4.26. The summed E-state index contributed by atoms with van der Waals surface area (Å²) in [6.45, 7) is 12.9. The number of pyridine rings is 1. The molecule has 1 aromatic heterocycles. The number of nitrogens with zero attached hydrogens (tertiary/aromatic N) is 2. The van der Waals surface area contributed by atoms with Gasteiger partial charge in [-0.2, -0.15) is 0 Å². The van der Waals surface area contributed by atoms with Crippen molar-refractivity contribution in [2.75, 3.05) is 43.1 Å². The Labute approximate surface area is 173 Å². The quantitative estimate of drug-likeness (QED) is 0.603. The van der Waals surface area contributed by atoms with Crippen molar-refractivity contribution in [3.8, 4) is 17.2 Å². The SMILES string of the molecule is CCOc1cc(C(=O)Nc2ccc(N(CC)CC)nc2)cc(OCC)c1OCC. The molecule has 1 aromatic carbocycles. The Kier molecular flexibility index (Phi) is 8.58. The van der Waals surface area contributed by atoms with Gasteiger partial charge in [0, 0.05) is 18.7 Å². The molecule has 1 heterocycles. The number of nitrogens with one attached hydrogen (secondary N) is 1. The van der Waals surface area contributed by atoms with Crippen LogP contribution in [0.1, 0.15) is 45.0 Å². The molecular formula is C22H31N3O4. The molecule has 158 valence electrons. The number of ether oxygens (including phenoxy) is 3. The van der Waals surface area contributed by atoms with E-state index in [4.69, 9.17) is 14.2 Å². The molecule has 29 heavy (non-hydrogen) atoms. The molecule has 0 fully saturated rings. The molecule has 0 radical (unpaired) electrons. The maximum absolute atomic E-state index is 12.8. The summed E-state index contributed by atoms with van der Waals surface area (Å²) < 4.78 is 17.0. The van der Waals surface area contributed by atoms with Crippen molar-refractivity contribution in [2.45, 2.75) is 34.6 Å². The summed E-state index contributed by atoms with van der Waals surface area (Å²) in [7, 11) is 0. The maximum Gasteiger partial charge on any atom is 0.255 e. The Balaban J connectivity index is 2.27. The molecule has 0 aliphatic carbocycles. The summed E-state index contributed by atoms with van der Waals surface area (Å²) in [5.74, 6) is 2.09. The van der Waals surface area contributed by atoms with Gasteiger partial charge in [-0.1, -0.05) is 0 Å². The number of amides is 1. The molecule has 0 atom stereocenters. The Morgan fingerprint density at radius 1 is 0.931 bits per heavy atom. The third kappa shape index (κ3) is 5.76. The first kappa shape index (κ1) is 22.3. The van der Waals surface area contributed by atoms with Crippen LogP contribution in [0.4, 0.5) is 11.5 Å². The number of carbonyl (C=O) groups is 1. The zero-order valence-electron chi connectivity index (χ0n) is 17.9. The predicted molar refractivity (Wildman–Crippen MR) is 116 cm³/mol. The zero-order valence-corrected chi connectivity index (χ0v) is 17.9. The fourth-order valence-electron chi connectivity index (χ4n) is 2.92. The number of hydrogen-bond donors (Lipinski definition) is 1. The summed E-state index contributed by atoms with van der Waals surface area (Å²) >= 11 is 0. The van der Waals surface area contributed by atoms with Crippen LogP contribution in [0.3, 0.4) is 0 Å². The van der Waals surface area contributed by atoms with Crippen LogP contribution in [-0.4, -0.2) is 43.8 Å². The minimum atomic E-state index is -0.271. The van der Waals surface area contributed by atoms with Crippen molar-refractivity contribution >= 4 is 17.4 Å². The van der Waals surface area contributed by atoms with Crippen LogP contribution in [0, 0.1) is 0 Å². The molecule has 0 saturated carbocycles. The standard InChI is InChI=1S/C22H31N3O4/c1-6-25(7-2)20-12-11-17(15-23-20)24-22(26)16-13-18(27-8-3)21(29-10-5)19(14-16)28-9-4/h11-15H,6-10H2,1-5H3,(H,24,26). The van der Waals surface area contributed by atoms with Gasteiger partial charge in [0.2, 0.25) is 5.75 Å². The van der Waals surface area contributed by atoms with Crippen molar-refractivity contribution in [2.24, 2.45) is 0 Å². The van der Waals surface area contributed by atoms with Crippen LogP contribution >= 0.6 is 0 Å². The smallest absolute Gasteiger partial charge is 0.255 e. The highest BCUT2D eigenvalue weighted by Gasteiger charge is 2.18. The maximum atomic E-state index is 12.8. The summed E-state index contributed by atoms with van der Waals surface area (Å²) in [6, 6.07) is 7.09. The lowest BCUT2D eigenvalue weighted by Gasteiger charge is -2.19. The molecule has 2 aromatic rings. The fraction of sp³-hybridized carbons (Fsp3) is 0.455. The number of aromatic nitrogens is 1. The highest BCUT2D eigenvalue weighted by Crippen LogP contribution is 2.39. The molecule has 0 aliphatic rings. The lowest BCUT2D eigenvalue weighted by Crippen LogP contribution is -2.22. The van der Waals surface area contributed by atoms with E-state index in [-0.39, 0.29) is 5.91 Å². The zero-order chi connectivity index (χ0) is 21.2. The molecule has 2 rings (SSSR count). The molecule has 7 nitrogen and oxygen atoms in total. The van der Waals surface area contributed by atoms with Crippen LogP contribution in [0.2, 0.25) is 0 Å². The van der Waals surface area contributed by atoms with Crippen molar-refractivity contribution in [3.05, 3.63) is 36.0 Å². The molecular weight excluding hydrogens is 370 g/mol. The molecule has 1 N–H and O–H groups in total. The molecule has 0 aliphatic heterocycles. The number of rotatable bonds is 11. The molecule has 7 heteroatoms. The van der Waals surface area contributed by atoms with Gasteiger partial charge < -0.3 is 24.4 Å². The van der Waals surface area contributed by atoms with Gasteiger partial charge in [-0.05, 0) is 58.9 Å². The van der Waals surface area contributed by atoms with E-state index < -0.39 is 0 Å². The molecule has 0 spiro atoms. The van der Waals surface area contributed by atoms with Gasteiger partial charge in [0.25, 0.3) is 5.91 Å². The van der Waals surface area contributed by atoms with Gasteiger partial charge in [-0.25, -0.2) is 4.98 Å². The van der Waals surface area contributed by atoms with Crippen LogP contribution in [0.25, 0.3) is 0 Å². The second-order valence-corrected chi connectivity index (χ2v) is 6.13. The molecule has 0 saturated heterocycles. The Morgan fingerprint density at radius 2 is 1.52 bits per heavy atom. The van der Waals surface area contributed by atoms with Crippen molar-refractivity contribution in [3.63, 3.8) is 0 Å². The normalized spacial score (nSPS) is 10.4. The highest BCUT2D eigenvalue weighted by atomic mass is 16.5. The van der Waals surface area contributed by atoms with E-state index in [2.05, 4.69) is 29.0 Å². The molecule has 0 unspecified atom stereocenters. The average molecular weight is 402 g/mol. The lowest BCUT2D eigenvalue weighted by molar-refractivity contribution is 0.102. The van der Waals surface area contributed by atoms with E-state index in [1.807, 2.05) is 32.9 Å². The third-order valence-corrected chi connectivity index (χ3v) is 4.26. The fourth-order valence-corrected chi connectivity index (χ4v) is 2.92. The lowest BCUT2D eigenvalue weighted by atomic mass is 10.1. The van der Waals surface area contributed by atoms with Crippen molar-refractivity contribution in [1.29, 1.82) is 0 Å². The largest absolute Gasteiger partial charge is 0.490 e. The van der Waals surface area contributed by atoms with Gasteiger partial charge in [0.15, 0.2) is 11.5 Å². The van der Waals surface area contributed by atoms with Crippen LogP contribution in [0.5, 0.6) is 17.2 Å². The van der Waals surface area contributed by atoms with Gasteiger partial charge in [-0.3, -0.25) is 4.79 Å². The second kappa shape index (κ2) is 11.1. The van der Waals surface area contributed by atoms with E-state index >= 15 is 0 Å². The average Bonchev–Trinajstić information content (AvgIpc) is 2.72. The first-order valence-electron chi connectivity index (χ1n) is 10.2. The van der Waals surface area contributed by atoms with E-state index in [9.17, 15) is 4.79 Å². The monoisotopic (exact) mass is 401 g/mol. The number of carbonyl (C=O) groups excluding carboxylic acids is 1. The Hall–Kier alpha value is -2.96. The minimum absolute atomic E-state index is 0.271. The van der Waals surface area contributed by atoms with Crippen LogP contribution in [0.15, 0.2) is 30.5 Å². The van der Waals surface area contributed by atoms with Gasteiger partial charge >= 0.3 is 0 Å². The Morgan fingerprint density at radius 3 is 1.97 bits per heavy atom. The first-order valence-corrected chi connectivity index (χ1v) is 10.2. The van der Waals surface area contributed by atoms with Crippen LogP contribution < -0.4 is 24.4 Å². The predicted octanol–water partition coefficient (Wildman–Crippen LogP) is 4.38. The first-order chi connectivity index (χ1) is 14.1. The molecule has 1 amide bonds. The van der Waals surface area contributed by atoms with Gasteiger partial charge in [0.1, 0.15) is 5.82 Å². The number of benzene rings is 1. The van der Waals surface area contributed by atoms with Crippen LogP contribution in [-0.2, 0) is 0 Å². The summed E-state index contributed by atoms with van der Waals surface area (Å²) in [5.41, 5.74) is 1.05. The van der Waals surface area contributed by atoms with E-state index in [1.165, 1.54) is 0 Å². The topological polar surface area (TPSA) is 72.9 Å². The Bertz CT molecular complexity index is 762. The molecule has 0 bridgehead atoms. The summed E-state index contributed by atoms with van der Waals surface area (Å²) in [5, 5.41) is 2.88. The number of anilines is 2.